The lowest BCUT2D eigenvalue weighted by molar-refractivity contribution is 0.597. The number of thioether (sulfide) groups is 1. The molecule has 0 atom stereocenters. The first-order valence-electron chi connectivity index (χ1n) is 8.56. The highest BCUT2D eigenvalue weighted by molar-refractivity contribution is 8.00. The van der Waals surface area contributed by atoms with Crippen LogP contribution in [0.4, 0.5) is 0 Å². The van der Waals surface area contributed by atoms with Gasteiger partial charge in [0.1, 0.15) is 5.82 Å². The molecule has 0 aliphatic heterocycles. The van der Waals surface area contributed by atoms with Crippen LogP contribution in [0.1, 0.15) is 18.3 Å². The smallest absolute Gasteiger partial charge is 0.191 e. The van der Waals surface area contributed by atoms with Crippen molar-refractivity contribution in [2.75, 3.05) is 11.5 Å². The first kappa shape index (κ1) is 19.9. The highest BCUT2D eigenvalue weighted by Crippen LogP contribution is 2.21. The van der Waals surface area contributed by atoms with E-state index in [1.165, 1.54) is 29.5 Å². The van der Waals surface area contributed by atoms with Crippen LogP contribution >= 0.6 is 23.4 Å². The third-order valence-electron chi connectivity index (χ3n) is 4.07. The van der Waals surface area contributed by atoms with E-state index in [1.54, 1.807) is 12.1 Å². The van der Waals surface area contributed by atoms with Gasteiger partial charge in [0.05, 0.1) is 10.6 Å². The van der Waals surface area contributed by atoms with E-state index in [0.717, 1.165) is 17.5 Å². The molecule has 0 amide bonds. The molecule has 3 aromatic rings. The number of nitrogens with zero attached hydrogens (tertiary/aromatic N) is 3. The highest BCUT2D eigenvalue weighted by Gasteiger charge is 2.17. The fourth-order valence-electron chi connectivity index (χ4n) is 2.66. The lowest BCUT2D eigenvalue weighted by atomic mass is 10.1. The number of hydrogen-bond acceptors (Lipinski definition) is 5. The van der Waals surface area contributed by atoms with Crippen LogP contribution in [0.5, 0.6) is 0 Å². The molecule has 0 N–H and O–H groups in total. The van der Waals surface area contributed by atoms with Gasteiger partial charge in [-0.25, -0.2) is 8.42 Å². The third-order valence-corrected chi connectivity index (χ3v) is 7.28. The molecule has 2 aromatic carbocycles. The average molecular weight is 422 g/mol. The molecule has 0 saturated carbocycles. The van der Waals surface area contributed by atoms with E-state index < -0.39 is 9.84 Å². The standard InChI is InChI=1S/C19H20ClN3O2S2/c1-2-23-18(14-15-6-4-3-5-7-15)21-22-19(23)26-12-13-27(24,25)17-10-8-16(20)9-11-17/h3-11H,2,12-14H2,1H3. The molecule has 5 nitrogen and oxygen atoms in total. The molecule has 27 heavy (non-hydrogen) atoms. The fraction of sp³-hybridized carbons (Fsp3) is 0.263. The Morgan fingerprint density at radius 2 is 1.74 bits per heavy atom. The third kappa shape index (κ3) is 5.12. The van der Waals surface area contributed by atoms with Crippen molar-refractivity contribution in [2.45, 2.75) is 29.9 Å². The summed E-state index contributed by atoms with van der Waals surface area (Å²) in [5.41, 5.74) is 1.17. The van der Waals surface area contributed by atoms with E-state index in [4.69, 9.17) is 11.6 Å². The van der Waals surface area contributed by atoms with E-state index in [1.807, 2.05) is 29.7 Å². The van der Waals surface area contributed by atoms with Crippen molar-refractivity contribution in [1.82, 2.24) is 14.8 Å². The largest absolute Gasteiger partial charge is 0.306 e. The molecular formula is C19H20ClN3O2S2. The van der Waals surface area contributed by atoms with Crippen molar-refractivity contribution >= 4 is 33.2 Å². The van der Waals surface area contributed by atoms with Gasteiger partial charge in [0.25, 0.3) is 0 Å². The Morgan fingerprint density at radius 3 is 2.41 bits per heavy atom. The fourth-order valence-corrected chi connectivity index (χ4v) is 5.45. The second kappa shape index (κ2) is 8.91. The van der Waals surface area contributed by atoms with Gasteiger partial charge in [0, 0.05) is 23.7 Å². The van der Waals surface area contributed by atoms with Gasteiger partial charge in [-0.15, -0.1) is 10.2 Å². The van der Waals surface area contributed by atoms with Gasteiger partial charge in [-0.05, 0) is 36.8 Å². The molecular weight excluding hydrogens is 402 g/mol. The molecule has 1 heterocycles. The molecule has 0 spiro atoms. The molecule has 1 aromatic heterocycles. The van der Waals surface area contributed by atoms with Crippen molar-refractivity contribution in [3.05, 3.63) is 71.0 Å². The molecule has 0 aliphatic carbocycles. The summed E-state index contributed by atoms with van der Waals surface area (Å²) < 4.78 is 26.9. The van der Waals surface area contributed by atoms with Crippen LogP contribution in [0, 0.1) is 0 Å². The van der Waals surface area contributed by atoms with Crippen LogP contribution in [-0.2, 0) is 22.8 Å². The van der Waals surface area contributed by atoms with Gasteiger partial charge < -0.3 is 4.57 Å². The summed E-state index contributed by atoms with van der Waals surface area (Å²) in [6, 6.07) is 16.3. The Balaban J connectivity index is 1.65. The predicted octanol–water partition coefficient (Wildman–Crippen LogP) is 4.11. The van der Waals surface area contributed by atoms with E-state index in [-0.39, 0.29) is 10.6 Å². The van der Waals surface area contributed by atoms with Crippen LogP contribution in [0.15, 0.2) is 64.6 Å². The van der Waals surface area contributed by atoms with Crippen LogP contribution in [0.25, 0.3) is 0 Å². The number of halogens is 1. The van der Waals surface area contributed by atoms with E-state index in [2.05, 4.69) is 22.3 Å². The maximum Gasteiger partial charge on any atom is 0.191 e. The van der Waals surface area contributed by atoms with Crippen molar-refractivity contribution in [1.29, 1.82) is 0 Å². The van der Waals surface area contributed by atoms with Crippen LogP contribution < -0.4 is 0 Å². The lowest BCUT2D eigenvalue weighted by Gasteiger charge is -2.08. The topological polar surface area (TPSA) is 64.8 Å². The zero-order valence-corrected chi connectivity index (χ0v) is 17.3. The summed E-state index contributed by atoms with van der Waals surface area (Å²) in [4.78, 5) is 0.286. The van der Waals surface area contributed by atoms with Crippen molar-refractivity contribution < 1.29 is 8.42 Å². The van der Waals surface area contributed by atoms with Gasteiger partial charge in [-0.3, -0.25) is 0 Å². The second-order valence-corrected chi connectivity index (χ2v) is 9.53. The van der Waals surface area contributed by atoms with Gasteiger partial charge in [0.15, 0.2) is 15.0 Å². The lowest BCUT2D eigenvalue weighted by Crippen LogP contribution is -2.10. The zero-order chi connectivity index (χ0) is 19.3. The molecule has 0 radical (unpaired) electrons. The summed E-state index contributed by atoms with van der Waals surface area (Å²) in [5, 5.41) is 9.81. The van der Waals surface area contributed by atoms with Gasteiger partial charge in [-0.2, -0.15) is 0 Å². The summed E-state index contributed by atoms with van der Waals surface area (Å²) in [5.74, 6) is 1.32. The second-order valence-electron chi connectivity index (χ2n) is 5.93. The van der Waals surface area contributed by atoms with Gasteiger partial charge in [0.2, 0.25) is 0 Å². The number of rotatable bonds is 8. The molecule has 3 rings (SSSR count). The minimum atomic E-state index is -3.35. The first-order chi connectivity index (χ1) is 13.0. The van der Waals surface area contributed by atoms with Crippen molar-refractivity contribution in [3.63, 3.8) is 0 Å². The number of benzene rings is 2. The number of aromatic nitrogens is 3. The SMILES string of the molecule is CCn1c(Cc2ccccc2)nnc1SCCS(=O)(=O)c1ccc(Cl)cc1. The van der Waals surface area contributed by atoms with E-state index in [9.17, 15) is 8.42 Å². The maximum atomic E-state index is 12.4. The van der Waals surface area contributed by atoms with Crippen LogP contribution in [0.3, 0.4) is 0 Å². The first-order valence-corrected chi connectivity index (χ1v) is 11.6. The normalized spacial score (nSPS) is 11.6. The van der Waals surface area contributed by atoms with Crippen molar-refractivity contribution in [2.24, 2.45) is 0 Å². The molecule has 0 saturated heterocycles. The van der Waals surface area contributed by atoms with Gasteiger partial charge >= 0.3 is 0 Å². The molecule has 0 bridgehead atoms. The maximum absolute atomic E-state index is 12.4. The molecule has 142 valence electrons. The average Bonchev–Trinajstić information content (AvgIpc) is 3.04. The predicted molar refractivity (Wildman–Crippen MR) is 109 cm³/mol. The Labute approximate surface area is 168 Å². The molecule has 8 heteroatoms. The Hall–Kier alpha value is -1.83. The molecule has 0 fully saturated rings. The Bertz CT molecular complexity index is 988. The summed E-state index contributed by atoms with van der Waals surface area (Å²) in [6.45, 7) is 2.77. The summed E-state index contributed by atoms with van der Waals surface area (Å²) in [7, 11) is -3.35. The summed E-state index contributed by atoms with van der Waals surface area (Å²) in [6.07, 6.45) is 0.700. The molecule has 0 aliphatic rings. The Kier molecular flexibility index (Phi) is 6.57. The highest BCUT2D eigenvalue weighted by atomic mass is 35.5. The zero-order valence-electron chi connectivity index (χ0n) is 14.9. The summed E-state index contributed by atoms with van der Waals surface area (Å²) >= 11 is 7.23. The quantitative estimate of drug-likeness (QED) is 0.512. The number of sulfone groups is 1. The van der Waals surface area contributed by atoms with Gasteiger partial charge in [-0.1, -0.05) is 53.7 Å². The minimum absolute atomic E-state index is 0.0316. The Morgan fingerprint density at radius 1 is 1.04 bits per heavy atom. The van der Waals surface area contributed by atoms with Crippen LogP contribution in [0.2, 0.25) is 5.02 Å². The monoisotopic (exact) mass is 421 g/mol. The van der Waals surface area contributed by atoms with E-state index >= 15 is 0 Å². The number of hydrogen-bond donors (Lipinski definition) is 0. The van der Waals surface area contributed by atoms with Crippen LogP contribution in [-0.4, -0.2) is 34.7 Å². The van der Waals surface area contributed by atoms with Crippen molar-refractivity contribution in [3.8, 4) is 0 Å². The minimum Gasteiger partial charge on any atom is -0.306 e. The van der Waals surface area contributed by atoms with E-state index in [0.29, 0.717) is 17.2 Å². The molecule has 0 unspecified atom stereocenters.